The van der Waals surface area contributed by atoms with Gasteiger partial charge in [0, 0.05) is 6.72 Å². The third kappa shape index (κ3) is 3.40. The molecule has 2 nitrogen and oxygen atoms in total. The molecular formula is C3H6FNO. The lowest BCUT2D eigenvalue weighted by atomic mass is 10.8. The zero-order valence-electron chi connectivity index (χ0n) is 3.35. The summed E-state index contributed by atoms with van der Waals surface area (Å²) in [6.45, 7) is 2.48. The van der Waals surface area contributed by atoms with Crippen LogP contribution in [0.25, 0.3) is 0 Å². The van der Waals surface area contributed by atoms with Gasteiger partial charge in [-0.2, -0.15) is 0 Å². The van der Waals surface area contributed by atoms with Crippen molar-refractivity contribution in [2.45, 2.75) is 0 Å². The van der Waals surface area contributed by atoms with Crippen LogP contribution in [-0.4, -0.2) is 20.0 Å². The molecule has 3 heteroatoms. The Morgan fingerprint density at radius 1 is 1.83 bits per heavy atom. The van der Waals surface area contributed by atoms with E-state index in [2.05, 4.69) is 16.7 Å². The van der Waals surface area contributed by atoms with Crippen molar-refractivity contribution < 1.29 is 9.23 Å². The molecule has 0 spiro atoms. The molecule has 0 unspecified atom stereocenters. The van der Waals surface area contributed by atoms with Gasteiger partial charge < -0.3 is 4.84 Å². The maximum atomic E-state index is 11.0. The van der Waals surface area contributed by atoms with Crippen molar-refractivity contribution in [3.63, 3.8) is 0 Å². The number of rotatable bonds is 3. The highest BCUT2D eigenvalue weighted by atomic mass is 19.1. The van der Waals surface area contributed by atoms with E-state index in [-0.39, 0.29) is 6.61 Å². The van der Waals surface area contributed by atoms with Crippen molar-refractivity contribution in [1.29, 1.82) is 0 Å². The number of nitrogens with zero attached hydrogens (tertiary/aromatic N) is 1. The Kier molecular flexibility index (Phi) is 3.96. The van der Waals surface area contributed by atoms with Gasteiger partial charge in [-0.05, 0) is 0 Å². The summed E-state index contributed by atoms with van der Waals surface area (Å²) in [5.74, 6) is 0. The molecule has 0 aliphatic rings. The first-order valence-electron chi connectivity index (χ1n) is 1.55. The van der Waals surface area contributed by atoms with Gasteiger partial charge in [-0.3, -0.25) is 0 Å². The average molecular weight is 91.1 g/mol. The third-order valence-corrected chi connectivity index (χ3v) is 0.260. The molecule has 0 fully saturated rings. The summed E-state index contributed by atoms with van der Waals surface area (Å²) >= 11 is 0. The molecule has 0 amide bonds. The maximum absolute atomic E-state index is 11.0. The van der Waals surface area contributed by atoms with Gasteiger partial charge in [-0.15, -0.1) is 5.16 Å². The fraction of sp³-hybridized carbons (Fsp3) is 0.667. The van der Waals surface area contributed by atoms with Crippen LogP contribution in [0.3, 0.4) is 0 Å². The molecule has 0 aromatic rings. The molecule has 0 saturated carbocycles. The van der Waals surface area contributed by atoms with Gasteiger partial charge in [-0.1, -0.05) is 0 Å². The van der Waals surface area contributed by atoms with E-state index in [4.69, 9.17) is 0 Å². The van der Waals surface area contributed by atoms with Crippen molar-refractivity contribution in [2.24, 2.45) is 5.16 Å². The van der Waals surface area contributed by atoms with Gasteiger partial charge in [0.05, 0.1) is 0 Å². The minimum atomic E-state index is -0.501. The van der Waals surface area contributed by atoms with Gasteiger partial charge in [-0.25, -0.2) is 4.39 Å². The van der Waals surface area contributed by atoms with Crippen LogP contribution in [0.1, 0.15) is 0 Å². The van der Waals surface area contributed by atoms with Crippen LogP contribution < -0.4 is 0 Å². The largest absolute Gasteiger partial charge is 0.394 e. The van der Waals surface area contributed by atoms with Crippen molar-refractivity contribution in [2.75, 3.05) is 13.3 Å². The molecule has 0 saturated heterocycles. The molecule has 0 aliphatic heterocycles. The Morgan fingerprint density at radius 3 is 2.67 bits per heavy atom. The smallest absolute Gasteiger partial charge is 0.145 e. The summed E-state index contributed by atoms with van der Waals surface area (Å²) in [6, 6.07) is 0. The van der Waals surface area contributed by atoms with Crippen LogP contribution in [0.15, 0.2) is 5.16 Å². The summed E-state index contributed by atoms with van der Waals surface area (Å²) in [5, 5.41) is 2.94. The molecule has 0 heterocycles. The number of oxime groups is 1. The van der Waals surface area contributed by atoms with E-state index in [1.54, 1.807) is 0 Å². The normalized spacial score (nSPS) is 7.50. The Labute approximate surface area is 35.6 Å². The molecule has 0 rings (SSSR count). The van der Waals surface area contributed by atoms with Crippen molar-refractivity contribution in [1.82, 2.24) is 0 Å². The molecule has 0 bridgehead atoms. The second kappa shape index (κ2) is 4.40. The SMILES string of the molecule is C=NOCCF. The topological polar surface area (TPSA) is 21.6 Å². The van der Waals surface area contributed by atoms with E-state index >= 15 is 0 Å². The van der Waals surface area contributed by atoms with Crippen LogP contribution in [0.5, 0.6) is 0 Å². The lowest BCUT2D eigenvalue weighted by Gasteiger charge is -1.86. The van der Waals surface area contributed by atoms with E-state index in [1.165, 1.54) is 0 Å². The Bertz CT molecular complexity index is 39.8. The first-order valence-corrected chi connectivity index (χ1v) is 1.55. The van der Waals surface area contributed by atoms with Crippen LogP contribution in [0, 0.1) is 0 Å². The van der Waals surface area contributed by atoms with Crippen molar-refractivity contribution in [3.05, 3.63) is 0 Å². The van der Waals surface area contributed by atoms with Crippen molar-refractivity contribution >= 4 is 6.72 Å². The van der Waals surface area contributed by atoms with Crippen LogP contribution in [0.4, 0.5) is 4.39 Å². The van der Waals surface area contributed by atoms with Crippen LogP contribution in [0.2, 0.25) is 0 Å². The minimum absolute atomic E-state index is 0.0174. The number of halogens is 1. The van der Waals surface area contributed by atoms with E-state index in [9.17, 15) is 4.39 Å². The van der Waals surface area contributed by atoms with E-state index in [0.717, 1.165) is 0 Å². The average Bonchev–Trinajstić information content (AvgIpc) is 1.61. The molecule has 0 aromatic heterocycles. The molecular weight excluding hydrogens is 85.0 g/mol. The van der Waals surface area contributed by atoms with E-state index in [1.807, 2.05) is 0 Å². The number of hydrogen-bond donors (Lipinski definition) is 0. The third-order valence-electron chi connectivity index (χ3n) is 0.260. The second-order valence-corrected chi connectivity index (χ2v) is 0.651. The lowest BCUT2D eigenvalue weighted by Crippen LogP contribution is -1.86. The summed E-state index contributed by atoms with van der Waals surface area (Å²) in [7, 11) is 0. The van der Waals surface area contributed by atoms with Crippen molar-refractivity contribution in [3.8, 4) is 0 Å². The molecule has 0 radical (unpaired) electrons. The summed E-state index contributed by atoms with van der Waals surface area (Å²) in [5.41, 5.74) is 0. The second-order valence-electron chi connectivity index (χ2n) is 0.651. The quantitative estimate of drug-likeness (QED) is 0.283. The van der Waals surface area contributed by atoms with Crippen LogP contribution in [-0.2, 0) is 4.84 Å². The molecule has 0 aliphatic carbocycles. The van der Waals surface area contributed by atoms with Gasteiger partial charge >= 0.3 is 0 Å². The fourth-order valence-electron chi connectivity index (χ4n) is 0.0991. The zero-order chi connectivity index (χ0) is 4.83. The standard InChI is InChI=1S/C3H6FNO/c1-5-6-3-2-4/h1-3H2. The monoisotopic (exact) mass is 91.0 g/mol. The predicted octanol–water partition coefficient (Wildman–Crippen LogP) is 0.588. The number of alkyl halides is 1. The fourth-order valence-corrected chi connectivity index (χ4v) is 0.0991. The molecule has 36 valence electrons. The predicted molar refractivity (Wildman–Crippen MR) is 21.5 cm³/mol. The summed E-state index contributed by atoms with van der Waals surface area (Å²) in [4.78, 5) is 4.12. The molecule has 0 atom stereocenters. The highest BCUT2D eigenvalue weighted by molar-refractivity contribution is 5.21. The minimum Gasteiger partial charge on any atom is -0.394 e. The Balaban J connectivity index is 2.49. The zero-order valence-corrected chi connectivity index (χ0v) is 3.35. The van der Waals surface area contributed by atoms with Gasteiger partial charge in [0.15, 0.2) is 0 Å². The Hall–Kier alpha value is -0.600. The number of hydrogen-bond acceptors (Lipinski definition) is 2. The van der Waals surface area contributed by atoms with Crippen LogP contribution >= 0.6 is 0 Å². The van der Waals surface area contributed by atoms with E-state index in [0.29, 0.717) is 0 Å². The van der Waals surface area contributed by atoms with Gasteiger partial charge in [0.25, 0.3) is 0 Å². The summed E-state index contributed by atoms with van der Waals surface area (Å²) in [6.07, 6.45) is 0. The highest BCUT2D eigenvalue weighted by Crippen LogP contribution is 1.71. The first kappa shape index (κ1) is 5.40. The van der Waals surface area contributed by atoms with E-state index < -0.39 is 6.67 Å². The summed E-state index contributed by atoms with van der Waals surface area (Å²) < 4.78 is 11.0. The molecule has 6 heavy (non-hydrogen) atoms. The first-order chi connectivity index (χ1) is 2.91. The molecule has 0 N–H and O–H groups in total. The molecule has 0 aromatic carbocycles. The Morgan fingerprint density at radius 2 is 2.50 bits per heavy atom. The lowest BCUT2D eigenvalue weighted by molar-refractivity contribution is 0.130. The van der Waals surface area contributed by atoms with Gasteiger partial charge in [0.2, 0.25) is 0 Å². The maximum Gasteiger partial charge on any atom is 0.145 e. The highest BCUT2D eigenvalue weighted by Gasteiger charge is 1.73. The van der Waals surface area contributed by atoms with Gasteiger partial charge in [0.1, 0.15) is 13.3 Å².